The van der Waals surface area contributed by atoms with Crippen molar-refractivity contribution in [2.75, 3.05) is 0 Å². The molecule has 0 fully saturated rings. The van der Waals surface area contributed by atoms with Crippen LogP contribution >= 0.6 is 0 Å². The number of rotatable bonds is 4. The quantitative estimate of drug-likeness (QED) is 0.726. The third-order valence-corrected chi connectivity index (χ3v) is 5.43. The molecule has 3 nitrogen and oxygen atoms in total. The largest absolute Gasteiger partial charge is 0.304 e. The first-order chi connectivity index (χ1) is 10.9. The van der Waals surface area contributed by atoms with Gasteiger partial charge in [-0.1, -0.05) is 23.8 Å². The molecular weight excluding hydrogens is 304 g/mol. The average molecular weight is 326 g/mol. The molecule has 0 aliphatic rings. The summed E-state index contributed by atoms with van der Waals surface area (Å²) in [4.78, 5) is 4.58. The normalized spacial score (nSPS) is 12.7. The third kappa shape index (κ3) is 3.37. The molecule has 2 heterocycles. The fourth-order valence-corrected chi connectivity index (χ4v) is 4.43. The van der Waals surface area contributed by atoms with Gasteiger partial charge in [0, 0.05) is 28.4 Å². The number of fused-ring (bicyclic) bond motifs is 1. The number of hydrogen-bond donors (Lipinski definition) is 0. The van der Waals surface area contributed by atoms with Gasteiger partial charge in [-0.2, -0.15) is 0 Å². The molecule has 120 valence electrons. The van der Waals surface area contributed by atoms with Crippen LogP contribution in [0.2, 0.25) is 0 Å². The fourth-order valence-electron chi connectivity index (χ4n) is 3.08. The van der Waals surface area contributed by atoms with E-state index < -0.39 is 10.8 Å². The second-order valence-corrected chi connectivity index (χ2v) is 7.69. The van der Waals surface area contributed by atoms with Crippen molar-refractivity contribution in [2.24, 2.45) is 0 Å². The Kier molecular flexibility index (Phi) is 4.35. The first-order valence-electron chi connectivity index (χ1n) is 7.79. The van der Waals surface area contributed by atoms with Gasteiger partial charge < -0.3 is 4.40 Å². The number of nitrogens with zero attached hydrogens (tertiary/aromatic N) is 2. The van der Waals surface area contributed by atoms with Gasteiger partial charge in [0.15, 0.2) is 0 Å². The van der Waals surface area contributed by atoms with Crippen molar-refractivity contribution in [3.63, 3.8) is 0 Å². The molecule has 0 radical (unpaired) electrons. The molecule has 3 rings (SSSR count). The van der Waals surface area contributed by atoms with Crippen LogP contribution < -0.4 is 0 Å². The van der Waals surface area contributed by atoms with Gasteiger partial charge in [0.05, 0.1) is 11.4 Å². The summed E-state index contributed by atoms with van der Waals surface area (Å²) >= 11 is 0. The highest BCUT2D eigenvalue weighted by atomic mass is 32.2. The van der Waals surface area contributed by atoms with Crippen molar-refractivity contribution in [2.45, 2.75) is 39.2 Å². The van der Waals surface area contributed by atoms with E-state index in [0.29, 0.717) is 11.5 Å². The van der Waals surface area contributed by atoms with Crippen LogP contribution in [0.5, 0.6) is 0 Å². The Bertz CT molecular complexity index is 873. The van der Waals surface area contributed by atoms with E-state index in [2.05, 4.69) is 55.3 Å². The molecule has 4 heteroatoms. The molecule has 0 aliphatic carbocycles. The molecule has 23 heavy (non-hydrogen) atoms. The predicted molar refractivity (Wildman–Crippen MR) is 96.1 cm³/mol. The minimum atomic E-state index is -0.958. The van der Waals surface area contributed by atoms with Gasteiger partial charge in [0.25, 0.3) is 0 Å². The van der Waals surface area contributed by atoms with E-state index >= 15 is 0 Å². The van der Waals surface area contributed by atoms with Gasteiger partial charge in [-0.05, 0) is 56.5 Å². The number of aromatic nitrogens is 2. The molecular formula is C19H22N2OS. The molecule has 2 aromatic heterocycles. The molecule has 0 aliphatic heterocycles. The number of aryl methyl sites for hydroxylation is 4. The highest BCUT2D eigenvalue weighted by Crippen LogP contribution is 2.19. The van der Waals surface area contributed by atoms with Crippen molar-refractivity contribution in [1.82, 2.24) is 9.38 Å². The second-order valence-electron chi connectivity index (χ2n) is 6.23. The monoisotopic (exact) mass is 326 g/mol. The maximum atomic E-state index is 12.6. The van der Waals surface area contributed by atoms with Gasteiger partial charge in [0.2, 0.25) is 0 Å². The summed E-state index contributed by atoms with van der Waals surface area (Å²) in [5.74, 6) is 1.08. The van der Waals surface area contributed by atoms with E-state index in [9.17, 15) is 4.21 Å². The van der Waals surface area contributed by atoms with Crippen LogP contribution in [0.25, 0.3) is 5.65 Å². The molecule has 0 unspecified atom stereocenters. The van der Waals surface area contributed by atoms with Gasteiger partial charge >= 0.3 is 0 Å². The SMILES string of the molecule is Cc1cc(C)c(C[S@@](=O)Cc2cn3c(C)cccc3n2)c(C)c1. The summed E-state index contributed by atoms with van der Waals surface area (Å²) in [5.41, 5.74) is 7.85. The summed E-state index contributed by atoms with van der Waals surface area (Å²) < 4.78 is 14.6. The summed E-state index contributed by atoms with van der Waals surface area (Å²) in [5, 5.41) is 0. The Morgan fingerprint density at radius 3 is 2.39 bits per heavy atom. The summed E-state index contributed by atoms with van der Waals surface area (Å²) in [6.07, 6.45) is 2.00. The first-order valence-corrected chi connectivity index (χ1v) is 9.28. The Balaban J connectivity index is 1.80. The lowest BCUT2D eigenvalue weighted by molar-refractivity contribution is 0.681. The predicted octanol–water partition coefficient (Wildman–Crippen LogP) is 4.02. The maximum absolute atomic E-state index is 12.6. The molecule has 1 atom stereocenters. The van der Waals surface area contributed by atoms with Crippen molar-refractivity contribution < 1.29 is 4.21 Å². The molecule has 0 bridgehead atoms. The standard InChI is InChI=1S/C19H22N2OS/c1-13-8-14(2)18(15(3)9-13)12-23(22)11-17-10-21-16(4)6-5-7-19(21)20-17/h5-10H,11-12H2,1-4H3/t23-/m0/s1. The van der Waals surface area contributed by atoms with E-state index in [-0.39, 0.29) is 0 Å². The van der Waals surface area contributed by atoms with E-state index in [1.165, 1.54) is 22.3 Å². The second kappa shape index (κ2) is 6.28. The fraction of sp³-hybridized carbons (Fsp3) is 0.316. The van der Waals surface area contributed by atoms with Crippen LogP contribution in [0.15, 0.2) is 36.5 Å². The Morgan fingerprint density at radius 2 is 1.74 bits per heavy atom. The smallest absolute Gasteiger partial charge is 0.137 e. The molecule has 0 saturated heterocycles. The van der Waals surface area contributed by atoms with Gasteiger partial charge in [-0.15, -0.1) is 0 Å². The highest BCUT2D eigenvalue weighted by Gasteiger charge is 2.11. The van der Waals surface area contributed by atoms with E-state index in [0.717, 1.165) is 17.0 Å². The molecule has 0 spiro atoms. The first kappa shape index (κ1) is 15.9. The zero-order chi connectivity index (χ0) is 16.6. The lowest BCUT2D eigenvalue weighted by Crippen LogP contribution is -2.03. The summed E-state index contributed by atoms with van der Waals surface area (Å²) in [7, 11) is -0.958. The van der Waals surface area contributed by atoms with Crippen molar-refractivity contribution in [1.29, 1.82) is 0 Å². The lowest BCUT2D eigenvalue weighted by atomic mass is 10.0. The van der Waals surface area contributed by atoms with Gasteiger partial charge in [-0.3, -0.25) is 4.21 Å². The number of benzene rings is 1. The zero-order valence-electron chi connectivity index (χ0n) is 14.1. The van der Waals surface area contributed by atoms with Crippen LogP contribution in [0, 0.1) is 27.7 Å². The summed E-state index contributed by atoms with van der Waals surface area (Å²) in [6, 6.07) is 10.3. The third-order valence-electron chi connectivity index (χ3n) is 4.20. The van der Waals surface area contributed by atoms with Crippen molar-refractivity contribution in [3.8, 4) is 0 Å². The van der Waals surface area contributed by atoms with Gasteiger partial charge in [0.1, 0.15) is 5.65 Å². The van der Waals surface area contributed by atoms with Crippen LogP contribution in [0.1, 0.15) is 33.6 Å². The summed E-state index contributed by atoms with van der Waals surface area (Å²) in [6.45, 7) is 8.34. The van der Waals surface area contributed by atoms with Crippen LogP contribution in [-0.2, 0) is 22.3 Å². The molecule has 1 aromatic carbocycles. The average Bonchev–Trinajstić information content (AvgIpc) is 2.86. The van der Waals surface area contributed by atoms with E-state index in [1.54, 1.807) is 0 Å². The topological polar surface area (TPSA) is 34.4 Å². The van der Waals surface area contributed by atoms with Crippen LogP contribution in [0.3, 0.4) is 0 Å². The maximum Gasteiger partial charge on any atom is 0.137 e. The number of imidazole rings is 1. The molecule has 0 amide bonds. The van der Waals surface area contributed by atoms with Crippen LogP contribution in [0.4, 0.5) is 0 Å². The molecule has 0 N–H and O–H groups in total. The number of pyridine rings is 1. The molecule has 3 aromatic rings. The minimum Gasteiger partial charge on any atom is -0.304 e. The van der Waals surface area contributed by atoms with E-state index in [1.807, 2.05) is 18.3 Å². The Hall–Kier alpha value is -1.94. The Labute approximate surface area is 139 Å². The lowest BCUT2D eigenvalue weighted by Gasteiger charge is -2.10. The molecule has 0 saturated carbocycles. The Morgan fingerprint density at radius 1 is 1.04 bits per heavy atom. The highest BCUT2D eigenvalue weighted by molar-refractivity contribution is 7.83. The van der Waals surface area contributed by atoms with Crippen molar-refractivity contribution in [3.05, 3.63) is 70.2 Å². The van der Waals surface area contributed by atoms with Crippen LogP contribution in [-0.4, -0.2) is 13.6 Å². The van der Waals surface area contributed by atoms with Gasteiger partial charge in [-0.25, -0.2) is 4.98 Å². The zero-order valence-corrected chi connectivity index (χ0v) is 14.9. The number of hydrogen-bond acceptors (Lipinski definition) is 2. The van der Waals surface area contributed by atoms with E-state index in [4.69, 9.17) is 0 Å². The minimum absolute atomic E-state index is 0.494. The van der Waals surface area contributed by atoms with Crippen molar-refractivity contribution >= 4 is 16.4 Å².